The van der Waals surface area contributed by atoms with Gasteiger partial charge in [0.25, 0.3) is 0 Å². The Morgan fingerprint density at radius 2 is 2.26 bits per heavy atom. The number of hydrogen-bond donors (Lipinski definition) is 2. The summed E-state index contributed by atoms with van der Waals surface area (Å²) in [5, 5.41) is 0. The molecular weight excluding hydrogens is 246 g/mol. The maximum atomic E-state index is 12.3. The van der Waals surface area contributed by atoms with E-state index >= 15 is 0 Å². The summed E-state index contributed by atoms with van der Waals surface area (Å²) in [4.78, 5) is 27.6. The molecule has 2 aromatic rings. The topological polar surface area (TPSA) is 92.3 Å². The van der Waals surface area contributed by atoms with Gasteiger partial charge < -0.3 is 15.1 Å². The highest BCUT2D eigenvalue weighted by Gasteiger charge is 2.50. The van der Waals surface area contributed by atoms with Crippen molar-refractivity contribution in [3.63, 3.8) is 0 Å². The van der Waals surface area contributed by atoms with E-state index in [9.17, 15) is 9.59 Å². The Morgan fingerprint density at radius 1 is 1.53 bits per heavy atom. The Hall–Kier alpha value is -2.08. The number of benzene rings is 1. The Kier molecular flexibility index (Phi) is 2.50. The molecule has 1 heterocycles. The van der Waals surface area contributed by atoms with Crippen LogP contribution in [0, 0.1) is 5.41 Å². The predicted octanol–water partition coefficient (Wildman–Crippen LogP) is 0.823. The molecule has 1 aliphatic carbocycles. The summed E-state index contributed by atoms with van der Waals surface area (Å²) in [6.07, 6.45) is 1.68. The summed E-state index contributed by atoms with van der Waals surface area (Å²) in [6, 6.07) is 5.18. The van der Waals surface area contributed by atoms with Crippen molar-refractivity contribution < 1.29 is 9.21 Å². The minimum absolute atomic E-state index is 0.0206. The number of fused-ring (bicyclic) bond motifs is 1. The van der Waals surface area contributed by atoms with Crippen molar-refractivity contribution >= 4 is 22.7 Å². The average Bonchev–Trinajstić information content (AvgIpc) is 3.12. The van der Waals surface area contributed by atoms with Gasteiger partial charge in [-0.3, -0.25) is 9.78 Å². The zero-order chi connectivity index (χ0) is 13.6. The normalized spacial score (nSPS) is 16.5. The molecule has 19 heavy (non-hydrogen) atoms. The van der Waals surface area contributed by atoms with Crippen LogP contribution >= 0.6 is 0 Å². The third-order valence-electron chi connectivity index (χ3n) is 3.79. The second kappa shape index (κ2) is 3.96. The highest BCUT2D eigenvalue weighted by molar-refractivity contribution is 6.00. The van der Waals surface area contributed by atoms with Crippen LogP contribution in [0.4, 0.5) is 5.69 Å². The van der Waals surface area contributed by atoms with Gasteiger partial charge in [0, 0.05) is 25.3 Å². The van der Waals surface area contributed by atoms with E-state index in [2.05, 4.69) is 4.98 Å². The fraction of sp³-hybridized carbons (Fsp3) is 0.385. The molecule has 1 aliphatic rings. The van der Waals surface area contributed by atoms with E-state index in [1.54, 1.807) is 30.1 Å². The lowest BCUT2D eigenvalue weighted by Gasteiger charge is -2.22. The maximum Gasteiger partial charge on any atom is 0.417 e. The van der Waals surface area contributed by atoms with Gasteiger partial charge in [0.15, 0.2) is 5.58 Å². The molecule has 1 aromatic heterocycles. The van der Waals surface area contributed by atoms with E-state index in [1.807, 2.05) is 0 Å². The van der Waals surface area contributed by atoms with E-state index in [-0.39, 0.29) is 11.3 Å². The molecule has 0 aliphatic heterocycles. The van der Waals surface area contributed by atoms with Crippen molar-refractivity contribution in [2.75, 3.05) is 18.5 Å². The molecule has 1 fully saturated rings. The summed E-state index contributed by atoms with van der Waals surface area (Å²) < 4.78 is 4.99. The average molecular weight is 261 g/mol. The van der Waals surface area contributed by atoms with Crippen LogP contribution in [0.15, 0.2) is 27.4 Å². The molecule has 1 aromatic carbocycles. The van der Waals surface area contributed by atoms with Crippen LogP contribution in [0.3, 0.4) is 0 Å². The minimum Gasteiger partial charge on any atom is -0.408 e. The van der Waals surface area contributed by atoms with E-state index in [0.29, 0.717) is 23.3 Å². The van der Waals surface area contributed by atoms with Crippen molar-refractivity contribution in [2.45, 2.75) is 12.8 Å². The zero-order valence-corrected chi connectivity index (χ0v) is 10.6. The van der Waals surface area contributed by atoms with Crippen LogP contribution in [0.5, 0.6) is 0 Å². The number of nitrogens with two attached hydrogens (primary N) is 1. The number of carbonyl (C=O) groups excluding carboxylic acids is 1. The molecule has 0 spiro atoms. The maximum absolute atomic E-state index is 12.3. The number of H-pyrrole nitrogens is 1. The predicted molar refractivity (Wildman–Crippen MR) is 71.0 cm³/mol. The standard InChI is InChI=1S/C13H15N3O3/c1-16(11(17)13(7-14)4-5-13)8-2-3-9-10(6-8)19-12(18)15-9/h2-3,6H,4-5,7,14H2,1H3,(H,15,18). The van der Waals surface area contributed by atoms with Crippen LogP contribution in [0.25, 0.3) is 11.1 Å². The Balaban J connectivity index is 1.95. The third kappa shape index (κ3) is 1.84. The van der Waals surface area contributed by atoms with Gasteiger partial charge in [0.2, 0.25) is 5.91 Å². The number of rotatable bonds is 3. The first-order chi connectivity index (χ1) is 9.05. The molecule has 0 atom stereocenters. The van der Waals surface area contributed by atoms with Crippen LogP contribution in [-0.4, -0.2) is 24.5 Å². The molecule has 0 unspecified atom stereocenters. The number of amides is 1. The van der Waals surface area contributed by atoms with E-state index in [1.165, 1.54) is 0 Å². The van der Waals surface area contributed by atoms with Crippen molar-refractivity contribution in [3.8, 4) is 0 Å². The number of nitrogens with one attached hydrogen (secondary N) is 1. The van der Waals surface area contributed by atoms with Crippen LogP contribution in [-0.2, 0) is 4.79 Å². The molecule has 0 bridgehead atoms. The van der Waals surface area contributed by atoms with E-state index in [0.717, 1.165) is 12.8 Å². The SMILES string of the molecule is CN(C(=O)C1(CN)CC1)c1ccc2[nH]c(=O)oc2c1. The fourth-order valence-electron chi connectivity index (χ4n) is 2.27. The molecule has 0 saturated heterocycles. The van der Waals surface area contributed by atoms with Gasteiger partial charge in [0.1, 0.15) is 0 Å². The van der Waals surface area contributed by atoms with Crippen LogP contribution in [0.1, 0.15) is 12.8 Å². The molecular formula is C13H15N3O3. The van der Waals surface area contributed by atoms with Crippen molar-refractivity contribution in [2.24, 2.45) is 11.1 Å². The molecule has 0 radical (unpaired) electrons. The largest absolute Gasteiger partial charge is 0.417 e. The third-order valence-corrected chi connectivity index (χ3v) is 3.79. The zero-order valence-electron chi connectivity index (χ0n) is 10.6. The number of nitrogens with zero attached hydrogens (tertiary/aromatic N) is 1. The van der Waals surface area contributed by atoms with Gasteiger partial charge in [0.05, 0.1) is 10.9 Å². The Bertz CT molecular complexity index is 696. The molecule has 1 amide bonds. The lowest BCUT2D eigenvalue weighted by atomic mass is 10.1. The summed E-state index contributed by atoms with van der Waals surface area (Å²) in [7, 11) is 1.71. The number of hydrogen-bond acceptors (Lipinski definition) is 4. The minimum atomic E-state index is -0.498. The number of oxazole rings is 1. The molecule has 100 valence electrons. The van der Waals surface area contributed by atoms with Gasteiger partial charge in [-0.1, -0.05) is 0 Å². The van der Waals surface area contributed by atoms with Gasteiger partial charge in [-0.15, -0.1) is 0 Å². The lowest BCUT2D eigenvalue weighted by molar-refractivity contribution is -0.123. The second-order valence-corrected chi connectivity index (χ2v) is 5.04. The first kappa shape index (κ1) is 12.0. The quantitative estimate of drug-likeness (QED) is 0.855. The van der Waals surface area contributed by atoms with E-state index in [4.69, 9.17) is 10.2 Å². The molecule has 1 saturated carbocycles. The highest BCUT2D eigenvalue weighted by atomic mass is 16.4. The molecule has 3 N–H and O–H groups in total. The number of aromatic amines is 1. The second-order valence-electron chi connectivity index (χ2n) is 5.04. The van der Waals surface area contributed by atoms with Gasteiger partial charge in [-0.05, 0) is 25.0 Å². The summed E-state index contributed by atoms with van der Waals surface area (Å²) in [5.74, 6) is -0.478. The lowest BCUT2D eigenvalue weighted by Crippen LogP contribution is -2.38. The molecule has 3 rings (SSSR count). The van der Waals surface area contributed by atoms with Crippen molar-refractivity contribution in [1.29, 1.82) is 0 Å². The summed E-state index contributed by atoms with van der Waals surface area (Å²) in [5.41, 5.74) is 7.04. The monoisotopic (exact) mass is 261 g/mol. The number of aromatic nitrogens is 1. The fourth-order valence-corrected chi connectivity index (χ4v) is 2.27. The summed E-state index contributed by atoms with van der Waals surface area (Å²) in [6.45, 7) is 0.373. The van der Waals surface area contributed by atoms with Crippen molar-refractivity contribution in [1.82, 2.24) is 4.98 Å². The Morgan fingerprint density at radius 3 is 2.89 bits per heavy atom. The molecule has 6 heteroatoms. The van der Waals surface area contributed by atoms with E-state index < -0.39 is 5.76 Å². The number of carbonyl (C=O) groups is 1. The first-order valence-corrected chi connectivity index (χ1v) is 6.17. The van der Waals surface area contributed by atoms with Gasteiger partial charge in [-0.25, -0.2) is 4.79 Å². The van der Waals surface area contributed by atoms with Gasteiger partial charge in [-0.2, -0.15) is 0 Å². The molecule has 6 nitrogen and oxygen atoms in total. The number of anilines is 1. The van der Waals surface area contributed by atoms with Crippen LogP contribution in [0.2, 0.25) is 0 Å². The summed E-state index contributed by atoms with van der Waals surface area (Å²) >= 11 is 0. The van der Waals surface area contributed by atoms with Crippen molar-refractivity contribution in [3.05, 3.63) is 28.7 Å². The first-order valence-electron chi connectivity index (χ1n) is 6.17. The Labute approximate surface area is 109 Å². The van der Waals surface area contributed by atoms with Gasteiger partial charge >= 0.3 is 5.76 Å². The smallest absolute Gasteiger partial charge is 0.408 e. The van der Waals surface area contributed by atoms with Crippen LogP contribution < -0.4 is 16.4 Å². The highest BCUT2D eigenvalue weighted by Crippen LogP contribution is 2.46.